The first-order valence-electron chi connectivity index (χ1n) is 9.39. The Kier molecular flexibility index (Phi) is 5.18. The Morgan fingerprint density at radius 2 is 1.93 bits per heavy atom. The molecule has 1 aliphatic heterocycles. The molecule has 1 amide bonds. The number of hydrogen-bond acceptors (Lipinski definition) is 7. The number of anilines is 2. The third-order valence-corrected chi connectivity index (χ3v) is 4.70. The van der Waals surface area contributed by atoms with E-state index in [0.29, 0.717) is 5.69 Å². The van der Waals surface area contributed by atoms with Crippen molar-refractivity contribution in [1.82, 2.24) is 0 Å². The number of nitrogens with zero attached hydrogens (tertiary/aromatic N) is 3. The predicted octanol–water partition coefficient (Wildman–Crippen LogP) is 3.28. The number of rotatable bonds is 2. The van der Waals surface area contributed by atoms with Crippen LogP contribution in [0, 0.1) is 5.82 Å². The van der Waals surface area contributed by atoms with Gasteiger partial charge in [-0.15, -0.1) is 0 Å². The normalized spacial score (nSPS) is 19.1. The van der Waals surface area contributed by atoms with E-state index in [2.05, 4.69) is 15.3 Å². The standard InChI is InChI=1S/C19H27FN6O2/c1-18(2,3)28-17(27)23-14-8-7-12(11-13(14)20)26-16(22)24-15(21)25-19(26)9-5-4-6-10-19/h7-8,11H,4-6,9-10H2,1-3H3,(H,23,27)(H4,21,22,24,25). The Morgan fingerprint density at radius 3 is 2.54 bits per heavy atom. The lowest BCUT2D eigenvalue weighted by Crippen LogP contribution is -2.58. The van der Waals surface area contributed by atoms with Crippen molar-refractivity contribution in [3.63, 3.8) is 0 Å². The summed E-state index contributed by atoms with van der Waals surface area (Å²) >= 11 is 0. The first kappa shape index (κ1) is 19.9. The highest BCUT2D eigenvalue weighted by atomic mass is 19.1. The third-order valence-electron chi connectivity index (χ3n) is 4.70. The lowest BCUT2D eigenvalue weighted by atomic mass is 9.87. The summed E-state index contributed by atoms with van der Waals surface area (Å²) in [5.41, 5.74) is 11.2. The average Bonchev–Trinajstić information content (AvgIpc) is 2.55. The van der Waals surface area contributed by atoms with Crippen LogP contribution in [0.25, 0.3) is 0 Å². The number of ether oxygens (including phenoxy) is 1. The highest BCUT2D eigenvalue weighted by molar-refractivity contribution is 6.05. The van der Waals surface area contributed by atoms with Crippen LogP contribution in [0.15, 0.2) is 28.2 Å². The number of carbonyl (C=O) groups is 1. The molecular weight excluding hydrogens is 363 g/mol. The molecule has 1 heterocycles. The van der Waals surface area contributed by atoms with Crippen molar-refractivity contribution < 1.29 is 13.9 Å². The lowest BCUT2D eigenvalue weighted by molar-refractivity contribution is 0.0635. The molecule has 0 atom stereocenters. The van der Waals surface area contributed by atoms with Gasteiger partial charge in [-0.2, -0.15) is 4.99 Å². The largest absolute Gasteiger partial charge is 0.444 e. The average molecular weight is 390 g/mol. The number of nitrogens with two attached hydrogens (primary N) is 2. The highest BCUT2D eigenvalue weighted by Gasteiger charge is 2.42. The minimum atomic E-state index is -0.723. The summed E-state index contributed by atoms with van der Waals surface area (Å²) in [6, 6.07) is 4.45. The number of hydrogen-bond donors (Lipinski definition) is 3. The Hall–Kier alpha value is -2.84. The number of guanidine groups is 2. The van der Waals surface area contributed by atoms with Crippen molar-refractivity contribution >= 4 is 29.4 Å². The van der Waals surface area contributed by atoms with Gasteiger partial charge in [-0.1, -0.05) is 6.42 Å². The molecule has 3 rings (SSSR count). The van der Waals surface area contributed by atoms with Gasteiger partial charge in [0.05, 0.1) is 5.69 Å². The first-order valence-corrected chi connectivity index (χ1v) is 9.39. The van der Waals surface area contributed by atoms with Gasteiger partial charge in [0.1, 0.15) is 17.1 Å². The highest BCUT2D eigenvalue weighted by Crippen LogP contribution is 2.40. The van der Waals surface area contributed by atoms with Crippen molar-refractivity contribution in [2.45, 2.75) is 64.1 Å². The summed E-state index contributed by atoms with van der Waals surface area (Å²) < 4.78 is 19.9. The van der Waals surface area contributed by atoms with Crippen LogP contribution >= 0.6 is 0 Å². The monoisotopic (exact) mass is 390 g/mol. The summed E-state index contributed by atoms with van der Waals surface area (Å²) in [5, 5.41) is 2.42. The van der Waals surface area contributed by atoms with E-state index < -0.39 is 23.2 Å². The van der Waals surface area contributed by atoms with E-state index in [9.17, 15) is 9.18 Å². The second kappa shape index (κ2) is 7.29. The zero-order valence-corrected chi connectivity index (χ0v) is 16.5. The maximum atomic E-state index is 14.7. The van der Waals surface area contributed by atoms with Crippen LogP contribution in [-0.2, 0) is 4.74 Å². The summed E-state index contributed by atoms with van der Waals surface area (Å²) in [4.78, 5) is 22.3. The summed E-state index contributed by atoms with van der Waals surface area (Å²) in [6.07, 6.45) is 3.84. The van der Waals surface area contributed by atoms with Gasteiger partial charge in [-0.3, -0.25) is 10.2 Å². The number of aliphatic imine (C=N–C) groups is 2. The number of benzene rings is 1. The summed E-state index contributed by atoms with van der Waals surface area (Å²) in [6.45, 7) is 5.21. The van der Waals surface area contributed by atoms with Gasteiger partial charge in [0.2, 0.25) is 11.9 Å². The van der Waals surface area contributed by atoms with E-state index in [1.54, 1.807) is 31.7 Å². The molecule has 8 nitrogen and oxygen atoms in total. The van der Waals surface area contributed by atoms with Crippen LogP contribution in [0.5, 0.6) is 0 Å². The molecule has 0 radical (unpaired) electrons. The molecule has 5 N–H and O–H groups in total. The van der Waals surface area contributed by atoms with E-state index in [1.807, 2.05) is 0 Å². The van der Waals surface area contributed by atoms with Crippen LogP contribution in [0.2, 0.25) is 0 Å². The van der Waals surface area contributed by atoms with E-state index >= 15 is 0 Å². The van der Waals surface area contributed by atoms with Gasteiger partial charge >= 0.3 is 6.09 Å². The minimum absolute atomic E-state index is 0.0197. The fourth-order valence-corrected chi connectivity index (χ4v) is 3.65. The van der Waals surface area contributed by atoms with Gasteiger partial charge in [-0.05, 0) is 64.7 Å². The zero-order chi connectivity index (χ0) is 20.5. The molecule has 0 bridgehead atoms. The number of nitrogens with one attached hydrogen (secondary N) is 1. The Labute approximate surface area is 163 Å². The van der Waals surface area contributed by atoms with Gasteiger partial charge < -0.3 is 16.2 Å². The molecule has 0 aromatic heterocycles. The van der Waals surface area contributed by atoms with Gasteiger partial charge in [0.15, 0.2) is 0 Å². The lowest BCUT2D eigenvalue weighted by Gasteiger charge is -2.45. The molecule has 9 heteroatoms. The molecule has 0 unspecified atom stereocenters. The van der Waals surface area contributed by atoms with Crippen LogP contribution in [0.1, 0.15) is 52.9 Å². The maximum Gasteiger partial charge on any atom is 0.412 e. The van der Waals surface area contributed by atoms with Gasteiger partial charge in [0, 0.05) is 5.69 Å². The molecule has 1 aliphatic carbocycles. The second-order valence-electron chi connectivity index (χ2n) is 8.11. The van der Waals surface area contributed by atoms with Crippen molar-refractivity contribution in [3.05, 3.63) is 24.0 Å². The Balaban J connectivity index is 1.88. The predicted molar refractivity (Wildman–Crippen MR) is 108 cm³/mol. The molecule has 1 aromatic rings. The maximum absolute atomic E-state index is 14.7. The molecule has 1 saturated carbocycles. The van der Waals surface area contributed by atoms with Crippen LogP contribution in [0.3, 0.4) is 0 Å². The quantitative estimate of drug-likeness (QED) is 0.716. The molecule has 1 fully saturated rings. The SMILES string of the molecule is CC(C)(C)OC(=O)Nc1ccc(N2C(N)=NC(N)=NC23CCCCC3)cc1F. The first-order chi connectivity index (χ1) is 13.1. The van der Waals surface area contributed by atoms with Crippen molar-refractivity contribution in [2.24, 2.45) is 21.5 Å². The van der Waals surface area contributed by atoms with Crippen LogP contribution in [-0.4, -0.2) is 29.3 Å². The molecule has 28 heavy (non-hydrogen) atoms. The summed E-state index contributed by atoms with van der Waals surface area (Å²) in [5.74, 6) is -0.286. The van der Waals surface area contributed by atoms with Gasteiger partial charge in [-0.25, -0.2) is 14.2 Å². The molecule has 152 valence electrons. The number of carbonyl (C=O) groups excluding carboxylic acids is 1. The van der Waals surface area contributed by atoms with E-state index in [1.165, 1.54) is 12.1 Å². The molecule has 0 saturated heterocycles. The Morgan fingerprint density at radius 1 is 1.25 bits per heavy atom. The topological polar surface area (TPSA) is 118 Å². The third kappa shape index (κ3) is 4.18. The smallest absolute Gasteiger partial charge is 0.412 e. The zero-order valence-electron chi connectivity index (χ0n) is 16.5. The Bertz CT molecular complexity index is 824. The van der Waals surface area contributed by atoms with Crippen molar-refractivity contribution in [2.75, 3.05) is 10.2 Å². The fourth-order valence-electron chi connectivity index (χ4n) is 3.65. The van der Waals surface area contributed by atoms with Gasteiger partial charge in [0.25, 0.3) is 0 Å². The summed E-state index contributed by atoms with van der Waals surface area (Å²) in [7, 11) is 0. The number of amides is 1. The van der Waals surface area contributed by atoms with Crippen LogP contribution < -0.4 is 21.7 Å². The molecular formula is C19H27FN6O2. The number of halogens is 1. The molecule has 2 aliphatic rings. The fraction of sp³-hybridized carbons (Fsp3) is 0.526. The van der Waals surface area contributed by atoms with E-state index in [0.717, 1.165) is 32.1 Å². The minimum Gasteiger partial charge on any atom is -0.444 e. The second-order valence-corrected chi connectivity index (χ2v) is 8.11. The molecule has 1 spiro atoms. The van der Waals surface area contributed by atoms with Crippen molar-refractivity contribution in [1.29, 1.82) is 0 Å². The van der Waals surface area contributed by atoms with E-state index in [-0.39, 0.29) is 17.6 Å². The van der Waals surface area contributed by atoms with Crippen LogP contribution in [0.4, 0.5) is 20.6 Å². The van der Waals surface area contributed by atoms with E-state index in [4.69, 9.17) is 16.2 Å². The molecule has 1 aromatic carbocycles. The van der Waals surface area contributed by atoms with Crippen molar-refractivity contribution in [3.8, 4) is 0 Å².